The van der Waals surface area contributed by atoms with Crippen LogP contribution in [0.1, 0.15) is 38.5 Å². The number of carbonyl (C=O) groups is 1. The van der Waals surface area contributed by atoms with E-state index in [4.69, 9.17) is 0 Å². The molecule has 0 amide bonds. The summed E-state index contributed by atoms with van der Waals surface area (Å²) in [6.07, 6.45) is 5.55. The van der Waals surface area contributed by atoms with Crippen LogP contribution in [0.3, 0.4) is 0 Å². The van der Waals surface area contributed by atoms with E-state index in [-0.39, 0.29) is 6.10 Å². The fourth-order valence-electron chi connectivity index (χ4n) is 2.52. The highest BCUT2D eigenvalue weighted by molar-refractivity contribution is 5.85. The Bertz CT molecular complexity index is 170. The molecule has 12 heavy (non-hydrogen) atoms. The summed E-state index contributed by atoms with van der Waals surface area (Å²) in [5.74, 6) is 1.08. The molecule has 2 bridgehead atoms. The van der Waals surface area contributed by atoms with Crippen molar-refractivity contribution in [3.8, 4) is 0 Å². The molecule has 68 valence electrons. The molecule has 2 fully saturated rings. The van der Waals surface area contributed by atoms with Crippen molar-refractivity contribution in [1.82, 2.24) is 0 Å². The number of fused-ring (bicyclic) bond motifs is 2. The Morgan fingerprint density at radius 1 is 0.917 bits per heavy atom. The molecule has 2 nitrogen and oxygen atoms in total. The molecule has 0 aromatic heterocycles. The van der Waals surface area contributed by atoms with Crippen molar-refractivity contribution in [2.24, 2.45) is 11.8 Å². The van der Waals surface area contributed by atoms with Crippen LogP contribution in [-0.4, -0.2) is 17.0 Å². The van der Waals surface area contributed by atoms with E-state index in [2.05, 4.69) is 0 Å². The summed E-state index contributed by atoms with van der Waals surface area (Å²) in [4.78, 5) is 11.6. The standard InChI is InChI=1S/C10H16O2/c11-9-5-3-7-1-2-8(4-6-9)10(7)12/h7-9,11H,1-6H2/t7-,8+,9?. The average Bonchev–Trinajstić information content (AvgIpc) is 2.43. The molecule has 0 spiro atoms. The highest BCUT2D eigenvalue weighted by atomic mass is 16.3. The molecule has 1 N–H and O–H groups in total. The summed E-state index contributed by atoms with van der Waals surface area (Å²) >= 11 is 0. The molecule has 2 aliphatic carbocycles. The number of hydrogen-bond donors (Lipinski definition) is 1. The summed E-state index contributed by atoms with van der Waals surface area (Å²) in [6.45, 7) is 0. The maximum absolute atomic E-state index is 11.6. The zero-order chi connectivity index (χ0) is 8.55. The molecule has 2 saturated carbocycles. The number of aliphatic hydroxyl groups excluding tert-OH is 1. The van der Waals surface area contributed by atoms with Crippen molar-refractivity contribution in [3.63, 3.8) is 0 Å². The van der Waals surface area contributed by atoms with Gasteiger partial charge in [0.1, 0.15) is 5.78 Å². The van der Waals surface area contributed by atoms with Crippen molar-refractivity contribution < 1.29 is 9.90 Å². The highest BCUT2D eigenvalue weighted by Gasteiger charge is 2.35. The lowest BCUT2D eigenvalue weighted by molar-refractivity contribution is -0.125. The number of rotatable bonds is 0. The van der Waals surface area contributed by atoms with Gasteiger partial charge in [0.2, 0.25) is 0 Å². The predicted octanol–water partition coefficient (Wildman–Crippen LogP) is 1.52. The van der Waals surface area contributed by atoms with Gasteiger partial charge in [-0.25, -0.2) is 0 Å². The quantitative estimate of drug-likeness (QED) is 0.595. The monoisotopic (exact) mass is 168 g/mol. The molecule has 0 radical (unpaired) electrons. The maximum atomic E-state index is 11.6. The Balaban J connectivity index is 2.05. The van der Waals surface area contributed by atoms with Gasteiger partial charge >= 0.3 is 0 Å². The van der Waals surface area contributed by atoms with Crippen LogP contribution < -0.4 is 0 Å². The lowest BCUT2D eigenvalue weighted by Crippen LogP contribution is -2.21. The maximum Gasteiger partial charge on any atom is 0.139 e. The molecule has 2 heteroatoms. The van der Waals surface area contributed by atoms with Crippen molar-refractivity contribution in [3.05, 3.63) is 0 Å². The van der Waals surface area contributed by atoms with E-state index in [9.17, 15) is 9.90 Å². The minimum atomic E-state index is -0.138. The largest absolute Gasteiger partial charge is 0.393 e. The summed E-state index contributed by atoms with van der Waals surface area (Å²) in [6, 6.07) is 0. The number of hydrogen-bond acceptors (Lipinski definition) is 2. The topological polar surface area (TPSA) is 37.3 Å². The second kappa shape index (κ2) is 3.17. The second-order valence-electron chi connectivity index (χ2n) is 4.18. The first kappa shape index (κ1) is 8.24. The lowest BCUT2D eigenvalue weighted by Gasteiger charge is -2.18. The molecule has 0 aliphatic heterocycles. The Kier molecular flexibility index (Phi) is 2.18. The summed E-state index contributed by atoms with van der Waals surface area (Å²) in [7, 11) is 0. The first-order valence-electron chi connectivity index (χ1n) is 4.99. The molecule has 0 heterocycles. The molecule has 0 aromatic carbocycles. The average molecular weight is 168 g/mol. The van der Waals surface area contributed by atoms with Gasteiger partial charge in [0, 0.05) is 11.8 Å². The number of ketones is 1. The van der Waals surface area contributed by atoms with Gasteiger partial charge in [0.05, 0.1) is 6.10 Å². The second-order valence-corrected chi connectivity index (χ2v) is 4.18. The SMILES string of the molecule is O=C1[C@@H]2CCC(O)CC[C@H]1CC2. The van der Waals surface area contributed by atoms with E-state index in [0.717, 1.165) is 38.5 Å². The fraction of sp³-hybridized carbons (Fsp3) is 0.900. The first-order chi connectivity index (χ1) is 5.77. The third kappa shape index (κ3) is 1.40. The van der Waals surface area contributed by atoms with Crippen molar-refractivity contribution >= 4 is 5.78 Å². The third-order valence-electron chi connectivity index (χ3n) is 3.37. The van der Waals surface area contributed by atoms with Gasteiger partial charge in [0.25, 0.3) is 0 Å². The molecule has 2 aliphatic rings. The van der Waals surface area contributed by atoms with Gasteiger partial charge in [-0.05, 0) is 38.5 Å². The molecule has 0 saturated heterocycles. The number of carbonyl (C=O) groups excluding carboxylic acids is 1. The fourth-order valence-corrected chi connectivity index (χ4v) is 2.52. The van der Waals surface area contributed by atoms with Crippen LogP contribution in [0.25, 0.3) is 0 Å². The van der Waals surface area contributed by atoms with E-state index in [0.29, 0.717) is 17.6 Å². The third-order valence-corrected chi connectivity index (χ3v) is 3.37. The van der Waals surface area contributed by atoms with E-state index in [1.54, 1.807) is 0 Å². The van der Waals surface area contributed by atoms with Crippen molar-refractivity contribution in [2.45, 2.75) is 44.6 Å². The molecular weight excluding hydrogens is 152 g/mol. The van der Waals surface area contributed by atoms with Gasteiger partial charge < -0.3 is 5.11 Å². The molecule has 0 aromatic rings. The Morgan fingerprint density at radius 2 is 1.33 bits per heavy atom. The van der Waals surface area contributed by atoms with Crippen LogP contribution in [-0.2, 0) is 4.79 Å². The van der Waals surface area contributed by atoms with Crippen LogP contribution in [0.4, 0.5) is 0 Å². The van der Waals surface area contributed by atoms with E-state index in [1.807, 2.05) is 0 Å². The predicted molar refractivity (Wildman–Crippen MR) is 45.7 cm³/mol. The molecule has 2 rings (SSSR count). The van der Waals surface area contributed by atoms with Crippen LogP contribution >= 0.6 is 0 Å². The summed E-state index contributed by atoms with van der Waals surface area (Å²) in [5, 5.41) is 9.45. The van der Waals surface area contributed by atoms with E-state index in [1.165, 1.54) is 0 Å². The van der Waals surface area contributed by atoms with Gasteiger partial charge in [-0.1, -0.05) is 0 Å². The van der Waals surface area contributed by atoms with Crippen molar-refractivity contribution in [1.29, 1.82) is 0 Å². The number of Topliss-reactive ketones (excluding diaryl/α,β-unsaturated/α-hetero) is 1. The van der Waals surface area contributed by atoms with Crippen LogP contribution in [0.15, 0.2) is 0 Å². The van der Waals surface area contributed by atoms with Gasteiger partial charge in [-0.2, -0.15) is 0 Å². The molecular formula is C10H16O2. The lowest BCUT2D eigenvalue weighted by atomic mass is 9.89. The van der Waals surface area contributed by atoms with Crippen molar-refractivity contribution in [2.75, 3.05) is 0 Å². The summed E-state index contributed by atoms with van der Waals surface area (Å²) < 4.78 is 0. The van der Waals surface area contributed by atoms with Gasteiger partial charge in [-0.15, -0.1) is 0 Å². The van der Waals surface area contributed by atoms with Crippen LogP contribution in [0, 0.1) is 11.8 Å². The first-order valence-corrected chi connectivity index (χ1v) is 4.99. The normalized spacial score (nSPS) is 42.4. The minimum Gasteiger partial charge on any atom is -0.393 e. The van der Waals surface area contributed by atoms with Crippen LogP contribution in [0.5, 0.6) is 0 Å². The van der Waals surface area contributed by atoms with Crippen LogP contribution in [0.2, 0.25) is 0 Å². The Morgan fingerprint density at radius 3 is 1.83 bits per heavy atom. The zero-order valence-corrected chi connectivity index (χ0v) is 7.33. The number of aliphatic hydroxyl groups is 1. The molecule has 1 unspecified atom stereocenters. The smallest absolute Gasteiger partial charge is 0.139 e. The summed E-state index contributed by atoms with van der Waals surface area (Å²) in [5.41, 5.74) is 0. The Labute approximate surface area is 73.0 Å². The highest BCUT2D eigenvalue weighted by Crippen LogP contribution is 2.36. The van der Waals surface area contributed by atoms with Gasteiger partial charge in [-0.3, -0.25) is 4.79 Å². The zero-order valence-electron chi connectivity index (χ0n) is 7.33. The van der Waals surface area contributed by atoms with E-state index >= 15 is 0 Å². The Hall–Kier alpha value is -0.370. The van der Waals surface area contributed by atoms with Gasteiger partial charge in [0.15, 0.2) is 0 Å². The minimum absolute atomic E-state index is 0.138. The van der Waals surface area contributed by atoms with E-state index < -0.39 is 0 Å². The molecule has 3 atom stereocenters.